The fourth-order valence-corrected chi connectivity index (χ4v) is 6.33. The summed E-state index contributed by atoms with van der Waals surface area (Å²) in [7, 11) is 1.48. The molecule has 3 nitrogen and oxygen atoms in total. The van der Waals surface area contributed by atoms with Crippen LogP contribution >= 0.6 is 0 Å². The lowest BCUT2D eigenvalue weighted by molar-refractivity contribution is -0.136. The van der Waals surface area contributed by atoms with Crippen molar-refractivity contribution in [3.63, 3.8) is 0 Å². The first-order valence-electron chi connectivity index (χ1n) is 7.75. The van der Waals surface area contributed by atoms with Crippen molar-refractivity contribution >= 4 is 5.97 Å². The Kier molecular flexibility index (Phi) is 1.77. The largest absolute Gasteiger partial charge is 0.466 e. The van der Waals surface area contributed by atoms with Crippen molar-refractivity contribution in [3.8, 4) is 0 Å². The highest BCUT2D eigenvalue weighted by Crippen LogP contribution is 2.85. The van der Waals surface area contributed by atoms with E-state index in [2.05, 4.69) is 19.9 Å². The monoisotopic (exact) mass is 272 g/mol. The quantitative estimate of drug-likeness (QED) is 0.418. The number of esters is 1. The second-order valence-corrected chi connectivity index (χ2v) is 7.37. The van der Waals surface area contributed by atoms with E-state index < -0.39 is 0 Å². The van der Waals surface area contributed by atoms with E-state index in [4.69, 9.17) is 9.47 Å². The Hall–Kier alpha value is -1.09. The SMILES string of the molecule is COC(=O)C1=C[C@H]2C(=C(C)C)[C@H]1[C@@]13O[C@]21[C@H]1CC[C@H]3C1. The minimum absolute atomic E-state index is 0.0362. The van der Waals surface area contributed by atoms with E-state index >= 15 is 0 Å². The summed E-state index contributed by atoms with van der Waals surface area (Å²) >= 11 is 0. The number of rotatable bonds is 1. The van der Waals surface area contributed by atoms with Gasteiger partial charge < -0.3 is 9.47 Å². The Labute approximate surface area is 119 Å². The topological polar surface area (TPSA) is 38.8 Å². The lowest BCUT2D eigenvalue weighted by Crippen LogP contribution is -2.38. The molecule has 0 aromatic rings. The molecule has 20 heavy (non-hydrogen) atoms. The van der Waals surface area contributed by atoms with Gasteiger partial charge in [-0.15, -0.1) is 0 Å². The van der Waals surface area contributed by atoms with E-state index in [0.29, 0.717) is 17.8 Å². The van der Waals surface area contributed by atoms with Crippen LogP contribution in [0.15, 0.2) is 22.8 Å². The van der Waals surface area contributed by atoms with E-state index in [9.17, 15) is 4.79 Å². The summed E-state index contributed by atoms with van der Waals surface area (Å²) in [6, 6.07) is 0. The maximum absolute atomic E-state index is 12.2. The third-order valence-corrected chi connectivity index (χ3v) is 6.75. The molecule has 106 valence electrons. The summed E-state index contributed by atoms with van der Waals surface area (Å²) < 4.78 is 11.5. The summed E-state index contributed by atoms with van der Waals surface area (Å²) in [4.78, 5) is 12.2. The molecule has 5 aliphatic rings. The van der Waals surface area contributed by atoms with Crippen LogP contribution in [0.5, 0.6) is 0 Å². The molecule has 3 saturated carbocycles. The summed E-state index contributed by atoms with van der Waals surface area (Å²) in [5.41, 5.74) is 3.73. The van der Waals surface area contributed by atoms with Gasteiger partial charge in [-0.25, -0.2) is 4.79 Å². The predicted molar refractivity (Wildman–Crippen MR) is 72.8 cm³/mol. The molecule has 5 rings (SSSR count). The normalized spacial score (nSPS) is 52.8. The molecule has 3 heteroatoms. The second kappa shape index (κ2) is 3.06. The third kappa shape index (κ3) is 0.851. The Morgan fingerprint density at radius 3 is 2.65 bits per heavy atom. The van der Waals surface area contributed by atoms with Crippen LogP contribution in [0.1, 0.15) is 33.1 Å². The number of carbonyl (C=O) groups is 1. The lowest BCUT2D eigenvalue weighted by Gasteiger charge is -2.27. The van der Waals surface area contributed by atoms with Crippen LogP contribution in [0.2, 0.25) is 0 Å². The molecule has 4 bridgehead atoms. The van der Waals surface area contributed by atoms with Crippen LogP contribution in [0.4, 0.5) is 0 Å². The Balaban J connectivity index is 1.72. The minimum Gasteiger partial charge on any atom is -0.466 e. The first-order valence-corrected chi connectivity index (χ1v) is 7.75. The van der Waals surface area contributed by atoms with Crippen molar-refractivity contribution in [1.29, 1.82) is 0 Å². The molecular weight excluding hydrogens is 252 g/mol. The van der Waals surface area contributed by atoms with Crippen LogP contribution < -0.4 is 0 Å². The van der Waals surface area contributed by atoms with Crippen LogP contribution in [0.3, 0.4) is 0 Å². The van der Waals surface area contributed by atoms with Crippen molar-refractivity contribution in [3.05, 3.63) is 22.8 Å². The Morgan fingerprint density at radius 1 is 1.30 bits per heavy atom. The fourth-order valence-electron chi connectivity index (χ4n) is 6.33. The highest BCUT2D eigenvalue weighted by Gasteiger charge is 2.92. The number of carbonyl (C=O) groups excluding carboxylic acids is 1. The molecule has 1 heterocycles. The number of fused-ring (bicyclic) bond motifs is 4. The van der Waals surface area contributed by atoms with Crippen molar-refractivity contribution in [1.82, 2.24) is 0 Å². The molecule has 0 spiro atoms. The average Bonchev–Trinajstić information content (AvgIpc) is 2.81. The Bertz CT molecular complexity index is 612. The van der Waals surface area contributed by atoms with Gasteiger partial charge in [-0.2, -0.15) is 0 Å². The first kappa shape index (κ1) is 11.6. The van der Waals surface area contributed by atoms with Gasteiger partial charge in [-0.05, 0) is 44.9 Å². The van der Waals surface area contributed by atoms with E-state index in [-0.39, 0.29) is 23.1 Å². The van der Waals surface area contributed by atoms with Crippen LogP contribution in [-0.2, 0) is 14.3 Å². The van der Waals surface area contributed by atoms with E-state index in [1.54, 1.807) is 0 Å². The highest BCUT2D eigenvalue weighted by atomic mass is 16.6. The summed E-state index contributed by atoms with van der Waals surface area (Å²) in [5.74, 6) is 1.73. The number of allylic oxidation sites excluding steroid dienone is 1. The zero-order valence-electron chi connectivity index (χ0n) is 12.2. The van der Waals surface area contributed by atoms with Gasteiger partial charge in [0, 0.05) is 17.4 Å². The zero-order chi connectivity index (χ0) is 13.9. The molecule has 0 unspecified atom stereocenters. The molecule has 1 saturated heterocycles. The van der Waals surface area contributed by atoms with Gasteiger partial charge in [0.05, 0.1) is 7.11 Å². The fraction of sp³-hybridized carbons (Fsp3) is 0.706. The van der Waals surface area contributed by atoms with Gasteiger partial charge in [-0.3, -0.25) is 0 Å². The van der Waals surface area contributed by atoms with Gasteiger partial charge in [0.15, 0.2) is 0 Å². The van der Waals surface area contributed by atoms with Gasteiger partial charge >= 0.3 is 5.97 Å². The molecule has 0 radical (unpaired) electrons. The predicted octanol–water partition coefficient (Wildman–Crippen LogP) is 2.62. The average molecular weight is 272 g/mol. The molecule has 6 atom stereocenters. The summed E-state index contributed by atoms with van der Waals surface area (Å²) in [6.45, 7) is 4.36. The van der Waals surface area contributed by atoms with Gasteiger partial charge in [0.2, 0.25) is 0 Å². The minimum atomic E-state index is -0.155. The molecule has 4 aliphatic carbocycles. The third-order valence-electron chi connectivity index (χ3n) is 6.75. The van der Waals surface area contributed by atoms with Crippen molar-refractivity contribution in [2.45, 2.75) is 44.3 Å². The number of hydrogen-bond acceptors (Lipinski definition) is 3. The molecular formula is C17H20O3. The number of ether oxygens (including phenoxy) is 2. The molecule has 0 amide bonds. The maximum Gasteiger partial charge on any atom is 0.334 e. The highest BCUT2D eigenvalue weighted by molar-refractivity contribution is 5.93. The van der Waals surface area contributed by atoms with Crippen molar-refractivity contribution in [2.24, 2.45) is 23.7 Å². The van der Waals surface area contributed by atoms with Gasteiger partial charge in [-0.1, -0.05) is 17.2 Å². The lowest BCUT2D eigenvalue weighted by atomic mass is 9.71. The second-order valence-electron chi connectivity index (χ2n) is 7.37. The maximum atomic E-state index is 12.2. The van der Waals surface area contributed by atoms with Gasteiger partial charge in [0.1, 0.15) is 11.2 Å². The number of epoxide rings is 1. The standard InChI is InChI=1S/C17H20O3/c1-8(2)13-12-7-11(15(18)19-3)14(13)17-10-5-4-9(6-10)16(12,17)20-17/h7,9-10,12,14H,4-6H2,1-3H3/t9-,10-,12-,14-,16+,17+/m0/s1. The van der Waals surface area contributed by atoms with E-state index in [1.165, 1.54) is 37.5 Å². The first-order chi connectivity index (χ1) is 9.58. The molecule has 0 aromatic carbocycles. The number of methoxy groups -OCH3 is 1. The van der Waals surface area contributed by atoms with E-state index in [0.717, 1.165) is 5.57 Å². The van der Waals surface area contributed by atoms with Gasteiger partial charge in [0.25, 0.3) is 0 Å². The van der Waals surface area contributed by atoms with Crippen molar-refractivity contribution in [2.75, 3.05) is 7.11 Å². The zero-order valence-corrected chi connectivity index (χ0v) is 12.2. The Morgan fingerprint density at radius 2 is 2.00 bits per heavy atom. The van der Waals surface area contributed by atoms with Crippen LogP contribution in [0, 0.1) is 23.7 Å². The molecule has 4 fully saturated rings. The summed E-state index contributed by atoms with van der Waals surface area (Å²) in [6.07, 6.45) is 6.07. The molecule has 1 aliphatic heterocycles. The van der Waals surface area contributed by atoms with E-state index in [1.807, 2.05) is 0 Å². The molecule has 0 N–H and O–H groups in total. The van der Waals surface area contributed by atoms with Crippen LogP contribution in [0.25, 0.3) is 0 Å². The van der Waals surface area contributed by atoms with Crippen molar-refractivity contribution < 1.29 is 14.3 Å². The summed E-state index contributed by atoms with van der Waals surface area (Å²) in [5, 5.41) is 0. The number of hydrogen-bond donors (Lipinski definition) is 0. The molecule has 0 aromatic heterocycles. The van der Waals surface area contributed by atoms with Crippen LogP contribution in [-0.4, -0.2) is 24.3 Å². The smallest absolute Gasteiger partial charge is 0.334 e.